The minimum atomic E-state index is -4.76. The van der Waals surface area contributed by atoms with Crippen LogP contribution in [0.4, 0.5) is 13.2 Å². The van der Waals surface area contributed by atoms with Crippen molar-refractivity contribution in [2.45, 2.75) is 25.6 Å². The van der Waals surface area contributed by atoms with Crippen LogP contribution in [0.1, 0.15) is 30.5 Å². The van der Waals surface area contributed by atoms with Gasteiger partial charge in [0, 0.05) is 37.0 Å². The highest BCUT2D eigenvalue weighted by Crippen LogP contribution is 2.41. The second kappa shape index (κ2) is 7.73. The number of aryl methyl sites for hydroxylation is 1. The lowest BCUT2D eigenvalue weighted by Crippen LogP contribution is -2.27. The Kier molecular flexibility index (Phi) is 5.50. The molecule has 0 aliphatic carbocycles. The molecule has 0 saturated heterocycles. The molecule has 0 saturated carbocycles. The van der Waals surface area contributed by atoms with Crippen LogP contribution < -0.4 is 15.6 Å². The molecule has 29 heavy (non-hydrogen) atoms. The SMILES string of the molecule is CCNC(=O)C[C@H]1N=C(C(F)(F)F)c2cc(OC)ccc2-c2cn(C)c(=O)cc21. The van der Waals surface area contributed by atoms with Crippen LogP contribution in [0.15, 0.2) is 40.2 Å². The topological polar surface area (TPSA) is 72.7 Å². The van der Waals surface area contributed by atoms with E-state index in [1.165, 1.54) is 43.1 Å². The molecule has 1 atom stereocenters. The molecule has 6 nitrogen and oxygen atoms in total. The molecule has 154 valence electrons. The third kappa shape index (κ3) is 4.03. The summed E-state index contributed by atoms with van der Waals surface area (Å²) in [6.45, 7) is 2.05. The Morgan fingerprint density at radius 2 is 1.97 bits per heavy atom. The Hall–Kier alpha value is -3.10. The maximum atomic E-state index is 13.9. The molecule has 3 rings (SSSR count). The largest absolute Gasteiger partial charge is 0.497 e. The highest BCUT2D eigenvalue weighted by Gasteiger charge is 2.41. The highest BCUT2D eigenvalue weighted by molar-refractivity contribution is 6.10. The molecule has 0 radical (unpaired) electrons. The summed E-state index contributed by atoms with van der Waals surface area (Å²) in [6.07, 6.45) is -3.59. The van der Waals surface area contributed by atoms with Gasteiger partial charge in [-0.15, -0.1) is 0 Å². The van der Waals surface area contributed by atoms with Crippen molar-refractivity contribution < 1.29 is 22.7 Å². The van der Waals surface area contributed by atoms with Crippen molar-refractivity contribution in [3.8, 4) is 16.9 Å². The zero-order valence-corrected chi connectivity index (χ0v) is 16.1. The molecule has 1 aliphatic heterocycles. The molecule has 0 spiro atoms. The fraction of sp³-hybridized carbons (Fsp3) is 0.350. The minimum absolute atomic E-state index is 0.157. The van der Waals surface area contributed by atoms with Gasteiger partial charge in [0.1, 0.15) is 11.5 Å². The van der Waals surface area contributed by atoms with E-state index in [0.29, 0.717) is 12.1 Å². The van der Waals surface area contributed by atoms with E-state index in [1.807, 2.05) is 0 Å². The van der Waals surface area contributed by atoms with E-state index in [9.17, 15) is 22.8 Å². The molecule has 1 aliphatic rings. The van der Waals surface area contributed by atoms with Gasteiger partial charge in [0.15, 0.2) is 0 Å². The van der Waals surface area contributed by atoms with Crippen LogP contribution in [0.3, 0.4) is 0 Å². The standard InChI is InChI=1S/C20H20F3N3O3/c1-4-24-17(27)9-16-13-8-18(28)26(2)10-15(13)12-6-5-11(29-3)7-14(12)19(25-16)20(21,22)23/h5-8,10,16H,4,9H2,1-3H3,(H,24,27)/t16-/m1/s1. The van der Waals surface area contributed by atoms with Gasteiger partial charge >= 0.3 is 6.18 Å². The van der Waals surface area contributed by atoms with Crippen molar-refractivity contribution in [3.05, 3.63) is 51.9 Å². The molecule has 0 bridgehead atoms. The number of carbonyl (C=O) groups excluding carboxylic acids is 1. The number of hydrogen-bond donors (Lipinski definition) is 1. The number of aromatic nitrogens is 1. The van der Waals surface area contributed by atoms with Crippen LogP contribution in [0.5, 0.6) is 5.75 Å². The van der Waals surface area contributed by atoms with Crippen LogP contribution in [-0.4, -0.2) is 36.0 Å². The number of amides is 1. The molecule has 9 heteroatoms. The lowest BCUT2D eigenvalue weighted by Gasteiger charge is -2.16. The third-order valence-electron chi connectivity index (χ3n) is 4.70. The van der Waals surface area contributed by atoms with Gasteiger partial charge in [0.05, 0.1) is 19.6 Å². The smallest absolute Gasteiger partial charge is 0.433 e. The van der Waals surface area contributed by atoms with Gasteiger partial charge in [-0.05, 0) is 36.2 Å². The Morgan fingerprint density at radius 3 is 2.59 bits per heavy atom. The number of methoxy groups -OCH3 is 1. The summed E-state index contributed by atoms with van der Waals surface area (Å²) in [4.78, 5) is 28.3. The van der Waals surface area contributed by atoms with Crippen molar-refractivity contribution >= 4 is 11.6 Å². The summed E-state index contributed by atoms with van der Waals surface area (Å²) in [5, 5.41) is 2.57. The normalized spacial score (nSPS) is 15.7. The summed E-state index contributed by atoms with van der Waals surface area (Å²) in [6, 6.07) is 4.42. The number of rotatable bonds is 4. The third-order valence-corrected chi connectivity index (χ3v) is 4.70. The molecule has 0 unspecified atom stereocenters. The zero-order valence-electron chi connectivity index (χ0n) is 16.1. The molecule has 1 N–H and O–H groups in total. The van der Waals surface area contributed by atoms with Crippen LogP contribution in [-0.2, 0) is 11.8 Å². The number of benzene rings is 1. The Morgan fingerprint density at radius 1 is 1.24 bits per heavy atom. The number of nitrogens with one attached hydrogen (secondary N) is 1. The number of alkyl halides is 3. The van der Waals surface area contributed by atoms with E-state index in [-0.39, 0.29) is 28.9 Å². The molecular weight excluding hydrogens is 387 g/mol. The van der Waals surface area contributed by atoms with E-state index < -0.39 is 29.4 Å². The molecule has 1 aromatic carbocycles. The average Bonchev–Trinajstić information content (AvgIpc) is 2.77. The van der Waals surface area contributed by atoms with Gasteiger partial charge in [-0.1, -0.05) is 0 Å². The summed E-state index contributed by atoms with van der Waals surface area (Å²) < 4.78 is 48.2. The van der Waals surface area contributed by atoms with Crippen molar-refractivity contribution in [1.82, 2.24) is 9.88 Å². The Bertz CT molecular complexity index is 1040. The van der Waals surface area contributed by atoms with E-state index in [1.54, 1.807) is 13.0 Å². The number of ether oxygens (including phenoxy) is 1. The molecular formula is C20H20F3N3O3. The minimum Gasteiger partial charge on any atom is -0.497 e. The van der Waals surface area contributed by atoms with Gasteiger partial charge < -0.3 is 14.6 Å². The van der Waals surface area contributed by atoms with Gasteiger partial charge in [0.2, 0.25) is 5.91 Å². The molecule has 1 aromatic heterocycles. The van der Waals surface area contributed by atoms with Crippen LogP contribution in [0.2, 0.25) is 0 Å². The van der Waals surface area contributed by atoms with Gasteiger partial charge in [-0.2, -0.15) is 13.2 Å². The molecule has 2 aromatic rings. The number of aliphatic imine (C=N–C) groups is 1. The maximum Gasteiger partial charge on any atom is 0.433 e. The predicted molar refractivity (Wildman–Crippen MR) is 102 cm³/mol. The fourth-order valence-electron chi connectivity index (χ4n) is 3.35. The van der Waals surface area contributed by atoms with Crippen molar-refractivity contribution in [2.24, 2.45) is 12.0 Å². The van der Waals surface area contributed by atoms with E-state index in [2.05, 4.69) is 10.3 Å². The second-order valence-electron chi connectivity index (χ2n) is 6.65. The number of carbonyl (C=O) groups is 1. The number of hydrogen-bond acceptors (Lipinski definition) is 4. The number of nitrogens with zero attached hydrogens (tertiary/aromatic N) is 2. The summed E-state index contributed by atoms with van der Waals surface area (Å²) in [5.74, 6) is -0.202. The number of halogens is 3. The number of pyridine rings is 1. The summed E-state index contributed by atoms with van der Waals surface area (Å²) >= 11 is 0. The van der Waals surface area contributed by atoms with E-state index >= 15 is 0 Å². The van der Waals surface area contributed by atoms with Crippen LogP contribution in [0.25, 0.3) is 11.1 Å². The first kappa shape index (κ1) is 20.6. The van der Waals surface area contributed by atoms with Gasteiger partial charge in [-0.3, -0.25) is 14.6 Å². The fourth-order valence-corrected chi connectivity index (χ4v) is 3.35. The van der Waals surface area contributed by atoms with Crippen molar-refractivity contribution in [1.29, 1.82) is 0 Å². The summed E-state index contributed by atoms with van der Waals surface area (Å²) in [5.41, 5.74) is -0.689. The first-order chi connectivity index (χ1) is 13.7. The lowest BCUT2D eigenvalue weighted by atomic mass is 9.92. The van der Waals surface area contributed by atoms with Crippen LogP contribution >= 0.6 is 0 Å². The molecule has 0 fully saturated rings. The van der Waals surface area contributed by atoms with Crippen molar-refractivity contribution in [2.75, 3.05) is 13.7 Å². The maximum absolute atomic E-state index is 13.9. The van der Waals surface area contributed by atoms with Crippen molar-refractivity contribution in [3.63, 3.8) is 0 Å². The van der Waals surface area contributed by atoms with Gasteiger partial charge in [0.25, 0.3) is 5.56 Å². The second-order valence-corrected chi connectivity index (χ2v) is 6.65. The first-order valence-corrected chi connectivity index (χ1v) is 8.96. The Balaban J connectivity index is 2.33. The zero-order chi connectivity index (χ0) is 21.3. The Labute approximate surface area is 165 Å². The average molecular weight is 407 g/mol. The monoisotopic (exact) mass is 407 g/mol. The highest BCUT2D eigenvalue weighted by atomic mass is 19.4. The molecule has 1 amide bonds. The summed E-state index contributed by atoms with van der Waals surface area (Å²) in [7, 11) is 2.87. The predicted octanol–water partition coefficient (Wildman–Crippen LogP) is 2.99. The van der Waals surface area contributed by atoms with Gasteiger partial charge in [-0.25, -0.2) is 0 Å². The van der Waals surface area contributed by atoms with E-state index in [4.69, 9.17) is 4.74 Å². The quantitative estimate of drug-likeness (QED) is 0.847. The first-order valence-electron chi connectivity index (χ1n) is 8.96. The number of fused-ring (bicyclic) bond motifs is 3. The van der Waals surface area contributed by atoms with E-state index in [0.717, 1.165) is 0 Å². The lowest BCUT2D eigenvalue weighted by molar-refractivity contribution is -0.121. The molecule has 2 heterocycles. The van der Waals surface area contributed by atoms with Crippen LogP contribution in [0, 0.1) is 0 Å².